The number of aryl methyl sites for hydroxylation is 1. The smallest absolute Gasteiger partial charge is 0.261 e. The fourth-order valence-electron chi connectivity index (χ4n) is 3.51. The van der Waals surface area contributed by atoms with Gasteiger partial charge in [0.1, 0.15) is 22.8 Å². The van der Waals surface area contributed by atoms with Crippen LogP contribution in [0.1, 0.15) is 50.8 Å². The quantitative estimate of drug-likeness (QED) is 0.793. The van der Waals surface area contributed by atoms with Crippen LogP contribution in [0.15, 0.2) is 42.5 Å². The standard InChI is InChI=1S/C23H29NO4/c1-6-20(27-17-9-7-8-16(13-17)26-5)22(25)24-19-14-23(3,4)28-21-12-15(2)10-11-18(19)21/h7-13,19-20H,6,14H2,1-5H3,(H,24,25)/t19-,20+/m1/s1. The van der Waals surface area contributed by atoms with Crippen LogP contribution in [0.2, 0.25) is 0 Å². The van der Waals surface area contributed by atoms with Crippen molar-refractivity contribution in [3.05, 3.63) is 53.6 Å². The number of methoxy groups -OCH3 is 1. The van der Waals surface area contributed by atoms with E-state index in [2.05, 4.69) is 5.32 Å². The maximum absolute atomic E-state index is 13.0. The summed E-state index contributed by atoms with van der Waals surface area (Å²) in [5.74, 6) is 2.02. The van der Waals surface area contributed by atoms with Gasteiger partial charge in [0.05, 0.1) is 13.2 Å². The van der Waals surface area contributed by atoms with Crippen molar-refractivity contribution < 1.29 is 19.0 Å². The van der Waals surface area contributed by atoms with Crippen LogP contribution in [0.4, 0.5) is 0 Å². The summed E-state index contributed by atoms with van der Waals surface area (Å²) >= 11 is 0. The number of benzene rings is 2. The number of ether oxygens (including phenoxy) is 3. The van der Waals surface area contributed by atoms with E-state index in [1.165, 1.54) is 0 Å². The highest BCUT2D eigenvalue weighted by Gasteiger charge is 2.35. The molecule has 1 aliphatic heterocycles. The minimum Gasteiger partial charge on any atom is -0.497 e. The van der Waals surface area contributed by atoms with Crippen molar-refractivity contribution in [3.63, 3.8) is 0 Å². The Morgan fingerprint density at radius 1 is 1.25 bits per heavy atom. The van der Waals surface area contributed by atoms with Gasteiger partial charge >= 0.3 is 0 Å². The molecule has 0 aromatic heterocycles. The second-order valence-electron chi connectivity index (χ2n) is 7.86. The summed E-state index contributed by atoms with van der Waals surface area (Å²) in [6.07, 6.45) is 0.688. The number of fused-ring (bicyclic) bond motifs is 1. The van der Waals surface area contributed by atoms with Gasteiger partial charge in [-0.2, -0.15) is 0 Å². The third-order valence-electron chi connectivity index (χ3n) is 4.93. The molecule has 2 aromatic carbocycles. The molecule has 0 saturated heterocycles. The molecule has 0 fully saturated rings. The van der Waals surface area contributed by atoms with Gasteiger partial charge in [-0.1, -0.05) is 25.1 Å². The lowest BCUT2D eigenvalue weighted by atomic mass is 9.89. The molecule has 0 saturated carbocycles. The van der Waals surface area contributed by atoms with E-state index in [0.717, 1.165) is 16.9 Å². The van der Waals surface area contributed by atoms with Crippen LogP contribution < -0.4 is 19.5 Å². The summed E-state index contributed by atoms with van der Waals surface area (Å²) in [4.78, 5) is 13.0. The molecule has 0 radical (unpaired) electrons. The molecular weight excluding hydrogens is 354 g/mol. The molecule has 0 spiro atoms. The van der Waals surface area contributed by atoms with Crippen LogP contribution in [0.5, 0.6) is 17.2 Å². The van der Waals surface area contributed by atoms with E-state index in [1.54, 1.807) is 13.2 Å². The molecule has 1 N–H and O–H groups in total. The summed E-state index contributed by atoms with van der Waals surface area (Å²) in [7, 11) is 1.61. The van der Waals surface area contributed by atoms with Crippen molar-refractivity contribution >= 4 is 5.91 Å². The van der Waals surface area contributed by atoms with Crippen LogP contribution in [0.25, 0.3) is 0 Å². The van der Waals surface area contributed by atoms with Crippen molar-refractivity contribution in [1.29, 1.82) is 0 Å². The van der Waals surface area contributed by atoms with Gasteiger partial charge in [0, 0.05) is 18.1 Å². The highest BCUT2D eigenvalue weighted by molar-refractivity contribution is 5.81. The van der Waals surface area contributed by atoms with Crippen LogP contribution in [0.3, 0.4) is 0 Å². The molecule has 0 unspecified atom stereocenters. The molecule has 1 heterocycles. The normalized spacial score (nSPS) is 18.4. The summed E-state index contributed by atoms with van der Waals surface area (Å²) in [5, 5.41) is 3.17. The van der Waals surface area contributed by atoms with Crippen LogP contribution in [-0.4, -0.2) is 24.7 Å². The van der Waals surface area contributed by atoms with Gasteiger partial charge < -0.3 is 19.5 Å². The molecule has 5 nitrogen and oxygen atoms in total. The first-order valence-electron chi connectivity index (χ1n) is 9.72. The number of amides is 1. The van der Waals surface area contributed by atoms with E-state index in [1.807, 2.05) is 64.1 Å². The molecule has 28 heavy (non-hydrogen) atoms. The van der Waals surface area contributed by atoms with Gasteiger partial charge in [0.2, 0.25) is 0 Å². The Balaban J connectivity index is 1.77. The Labute approximate surface area is 167 Å². The highest BCUT2D eigenvalue weighted by atomic mass is 16.5. The third-order valence-corrected chi connectivity index (χ3v) is 4.93. The minimum atomic E-state index is -0.577. The Hall–Kier alpha value is -2.69. The summed E-state index contributed by atoms with van der Waals surface area (Å²) < 4.78 is 17.3. The lowest BCUT2D eigenvalue weighted by Crippen LogP contribution is -2.45. The molecule has 0 bridgehead atoms. The van der Waals surface area contributed by atoms with Crippen molar-refractivity contribution in [1.82, 2.24) is 5.32 Å². The lowest BCUT2D eigenvalue weighted by molar-refractivity contribution is -0.129. The Bertz CT molecular complexity index is 846. The zero-order valence-corrected chi connectivity index (χ0v) is 17.2. The van der Waals surface area contributed by atoms with E-state index < -0.39 is 6.10 Å². The number of rotatable bonds is 6. The van der Waals surface area contributed by atoms with Gasteiger partial charge in [-0.15, -0.1) is 0 Å². The molecule has 5 heteroatoms. The molecular formula is C23H29NO4. The number of hydrogen-bond acceptors (Lipinski definition) is 4. The molecule has 2 atom stereocenters. The molecule has 2 aromatic rings. The zero-order chi connectivity index (χ0) is 20.3. The van der Waals surface area contributed by atoms with Gasteiger partial charge in [0.25, 0.3) is 5.91 Å². The summed E-state index contributed by atoms with van der Waals surface area (Å²) in [6.45, 7) is 8.06. The van der Waals surface area contributed by atoms with Crippen LogP contribution >= 0.6 is 0 Å². The second-order valence-corrected chi connectivity index (χ2v) is 7.86. The average Bonchev–Trinajstić information content (AvgIpc) is 2.64. The van der Waals surface area contributed by atoms with Crippen molar-refractivity contribution in [2.24, 2.45) is 0 Å². The van der Waals surface area contributed by atoms with Crippen molar-refractivity contribution in [3.8, 4) is 17.2 Å². The first-order valence-corrected chi connectivity index (χ1v) is 9.72. The Morgan fingerprint density at radius 3 is 2.71 bits per heavy atom. The SMILES string of the molecule is CC[C@H](Oc1cccc(OC)c1)C(=O)N[C@@H]1CC(C)(C)Oc2cc(C)ccc21. The molecule has 1 amide bonds. The zero-order valence-electron chi connectivity index (χ0n) is 17.2. The topological polar surface area (TPSA) is 56.8 Å². The van der Waals surface area contributed by atoms with Gasteiger partial charge in [-0.05, 0) is 51.0 Å². The molecule has 1 aliphatic rings. The van der Waals surface area contributed by atoms with E-state index in [-0.39, 0.29) is 17.6 Å². The van der Waals surface area contributed by atoms with Crippen LogP contribution in [0, 0.1) is 6.92 Å². The maximum atomic E-state index is 13.0. The number of hydrogen-bond donors (Lipinski definition) is 1. The molecule has 3 rings (SSSR count). The molecule has 150 valence electrons. The minimum absolute atomic E-state index is 0.116. The van der Waals surface area contributed by atoms with Gasteiger partial charge in [-0.3, -0.25) is 4.79 Å². The van der Waals surface area contributed by atoms with Gasteiger partial charge in [-0.25, -0.2) is 0 Å². The lowest BCUT2D eigenvalue weighted by Gasteiger charge is -2.38. The largest absolute Gasteiger partial charge is 0.497 e. The first-order chi connectivity index (χ1) is 13.3. The monoisotopic (exact) mass is 383 g/mol. The van der Waals surface area contributed by atoms with Gasteiger partial charge in [0.15, 0.2) is 6.10 Å². The predicted molar refractivity (Wildman–Crippen MR) is 109 cm³/mol. The maximum Gasteiger partial charge on any atom is 0.261 e. The predicted octanol–water partition coefficient (Wildman–Crippen LogP) is 4.58. The van der Waals surface area contributed by atoms with E-state index in [0.29, 0.717) is 24.3 Å². The van der Waals surface area contributed by atoms with Crippen LogP contribution in [-0.2, 0) is 4.79 Å². The van der Waals surface area contributed by atoms with E-state index >= 15 is 0 Å². The van der Waals surface area contributed by atoms with Crippen molar-refractivity contribution in [2.45, 2.75) is 58.3 Å². The second kappa shape index (κ2) is 8.13. The fraction of sp³-hybridized carbons (Fsp3) is 0.435. The number of carbonyl (C=O) groups excluding carboxylic acids is 1. The third kappa shape index (κ3) is 4.58. The number of carbonyl (C=O) groups is 1. The summed E-state index contributed by atoms with van der Waals surface area (Å²) in [5.41, 5.74) is 1.79. The first kappa shape index (κ1) is 20.1. The highest BCUT2D eigenvalue weighted by Crippen LogP contribution is 2.40. The van der Waals surface area contributed by atoms with E-state index in [4.69, 9.17) is 14.2 Å². The fourth-order valence-corrected chi connectivity index (χ4v) is 3.51. The Kier molecular flexibility index (Phi) is 5.82. The Morgan fingerprint density at radius 2 is 2.00 bits per heavy atom. The average molecular weight is 383 g/mol. The summed E-state index contributed by atoms with van der Waals surface area (Å²) in [6, 6.07) is 13.3. The van der Waals surface area contributed by atoms with Crippen molar-refractivity contribution in [2.75, 3.05) is 7.11 Å². The number of nitrogens with one attached hydrogen (secondary N) is 1. The van der Waals surface area contributed by atoms with E-state index in [9.17, 15) is 4.79 Å². The molecule has 0 aliphatic carbocycles.